The van der Waals surface area contributed by atoms with Crippen molar-refractivity contribution in [1.29, 1.82) is 0 Å². The Morgan fingerprint density at radius 1 is 0.444 bits per heavy atom. The van der Waals surface area contributed by atoms with Crippen molar-refractivity contribution in [3.63, 3.8) is 0 Å². The van der Waals surface area contributed by atoms with E-state index in [4.69, 9.17) is 0 Å². The van der Waals surface area contributed by atoms with Gasteiger partial charge in [-0.2, -0.15) is 0 Å². The molecule has 176 valence electrons. The summed E-state index contributed by atoms with van der Waals surface area (Å²) < 4.78 is 0. The smallest absolute Gasteiger partial charge is 0.0702 e. The van der Waals surface area contributed by atoms with E-state index in [2.05, 4.69) is 96.6 Å². The number of pyridine rings is 2. The number of fused-ring (bicyclic) bond motifs is 2. The number of para-hydroxylation sites is 2. The lowest BCUT2D eigenvalue weighted by Gasteiger charge is -2.04. The van der Waals surface area contributed by atoms with Crippen LogP contribution in [0.2, 0.25) is 0 Å². The van der Waals surface area contributed by atoms with E-state index in [0.29, 0.717) is 0 Å². The minimum atomic E-state index is 1.05. The Balaban J connectivity index is 0.000000148. The first kappa shape index (κ1) is 23.4. The zero-order valence-corrected chi connectivity index (χ0v) is 20.9. The molecule has 0 aliphatic rings. The molecule has 2 aromatic heterocycles. The molecule has 0 spiro atoms. The predicted octanol–water partition coefficient (Wildman–Crippen LogP) is 8.93. The summed E-state index contributed by atoms with van der Waals surface area (Å²) in [5.41, 5.74) is 9.64. The summed E-state index contributed by atoms with van der Waals surface area (Å²) in [6, 6.07) is 38.2. The van der Waals surface area contributed by atoms with E-state index in [-0.39, 0.29) is 0 Å². The first-order chi connectivity index (χ1) is 17.7. The van der Waals surface area contributed by atoms with Crippen molar-refractivity contribution in [3.8, 4) is 22.3 Å². The van der Waals surface area contributed by atoms with Crippen LogP contribution in [0, 0.1) is 0 Å². The molecular weight excluding hydrogens is 436 g/mol. The second kappa shape index (κ2) is 11.0. The SMILES string of the molecule is CCc1ccc(-c2cnc3ccccc3c2)cc1.CCc1ccc(-c2cnc3ccccc3c2)cc1. The zero-order chi connectivity index (χ0) is 24.7. The van der Waals surface area contributed by atoms with Gasteiger partial charge in [-0.1, -0.05) is 98.8 Å². The van der Waals surface area contributed by atoms with Gasteiger partial charge in [-0.3, -0.25) is 9.97 Å². The third-order valence-electron chi connectivity index (χ3n) is 6.57. The van der Waals surface area contributed by atoms with Crippen molar-refractivity contribution in [1.82, 2.24) is 9.97 Å². The van der Waals surface area contributed by atoms with Crippen molar-refractivity contribution in [2.24, 2.45) is 0 Å². The lowest BCUT2D eigenvalue weighted by atomic mass is 10.0. The predicted molar refractivity (Wildman–Crippen MR) is 153 cm³/mol. The molecule has 0 N–H and O–H groups in total. The van der Waals surface area contributed by atoms with Gasteiger partial charge in [-0.05, 0) is 59.4 Å². The fourth-order valence-electron chi connectivity index (χ4n) is 4.32. The highest BCUT2D eigenvalue weighted by molar-refractivity contribution is 5.84. The van der Waals surface area contributed by atoms with Gasteiger partial charge in [-0.25, -0.2) is 0 Å². The van der Waals surface area contributed by atoms with E-state index < -0.39 is 0 Å². The number of hydrogen-bond acceptors (Lipinski definition) is 2. The quantitative estimate of drug-likeness (QED) is 0.259. The third kappa shape index (κ3) is 5.34. The van der Waals surface area contributed by atoms with Crippen molar-refractivity contribution < 1.29 is 0 Å². The van der Waals surface area contributed by atoms with Crippen LogP contribution in [0.25, 0.3) is 44.1 Å². The van der Waals surface area contributed by atoms with Gasteiger partial charge in [0.05, 0.1) is 11.0 Å². The second-order valence-electron chi connectivity index (χ2n) is 8.93. The van der Waals surface area contributed by atoms with E-state index in [0.717, 1.165) is 23.9 Å². The minimum Gasteiger partial charge on any atom is -0.256 e. The average molecular weight is 467 g/mol. The molecule has 6 rings (SSSR count). The summed E-state index contributed by atoms with van der Waals surface area (Å²) in [4.78, 5) is 9.00. The summed E-state index contributed by atoms with van der Waals surface area (Å²) in [6.07, 6.45) is 6.05. The van der Waals surface area contributed by atoms with E-state index in [1.807, 2.05) is 48.8 Å². The Bertz CT molecular complexity index is 1460. The Morgan fingerprint density at radius 2 is 0.833 bits per heavy atom. The van der Waals surface area contributed by atoms with Crippen LogP contribution in [0.5, 0.6) is 0 Å². The molecule has 4 aromatic carbocycles. The normalized spacial score (nSPS) is 10.7. The number of aryl methyl sites for hydroxylation is 2. The van der Waals surface area contributed by atoms with Crippen LogP contribution >= 0.6 is 0 Å². The Hall–Kier alpha value is -4.30. The fourth-order valence-corrected chi connectivity index (χ4v) is 4.32. The Morgan fingerprint density at radius 3 is 1.22 bits per heavy atom. The van der Waals surface area contributed by atoms with Crippen molar-refractivity contribution in [2.45, 2.75) is 26.7 Å². The summed E-state index contributed by atoms with van der Waals surface area (Å²) in [7, 11) is 0. The van der Waals surface area contributed by atoms with Gasteiger partial charge in [0, 0.05) is 34.3 Å². The number of rotatable bonds is 4. The molecule has 2 heteroatoms. The van der Waals surface area contributed by atoms with Crippen LogP contribution in [0.3, 0.4) is 0 Å². The molecule has 0 saturated heterocycles. The number of benzene rings is 4. The van der Waals surface area contributed by atoms with Gasteiger partial charge in [0.25, 0.3) is 0 Å². The first-order valence-electron chi connectivity index (χ1n) is 12.6. The Labute approximate surface area is 213 Å². The highest BCUT2D eigenvalue weighted by atomic mass is 14.7. The summed E-state index contributed by atoms with van der Waals surface area (Å²) in [6.45, 7) is 4.35. The topological polar surface area (TPSA) is 25.8 Å². The lowest BCUT2D eigenvalue weighted by Crippen LogP contribution is -1.84. The second-order valence-corrected chi connectivity index (χ2v) is 8.93. The van der Waals surface area contributed by atoms with Gasteiger partial charge < -0.3 is 0 Å². The molecule has 0 unspecified atom stereocenters. The molecule has 6 aromatic rings. The van der Waals surface area contributed by atoms with Crippen LogP contribution in [-0.2, 0) is 12.8 Å². The number of hydrogen-bond donors (Lipinski definition) is 0. The zero-order valence-electron chi connectivity index (χ0n) is 20.9. The molecule has 0 bridgehead atoms. The molecule has 0 fully saturated rings. The minimum absolute atomic E-state index is 1.05. The van der Waals surface area contributed by atoms with E-state index in [1.165, 1.54) is 44.2 Å². The standard InChI is InChI=1S/2C17H15N/c2*1-2-13-7-9-14(10-8-13)16-11-15-5-3-4-6-17(15)18-12-16/h2*3-12H,2H2,1H3. The molecule has 0 saturated carbocycles. The number of aromatic nitrogens is 2. The summed E-state index contributed by atoms with van der Waals surface area (Å²) in [5, 5.41) is 2.38. The van der Waals surface area contributed by atoms with Crippen LogP contribution < -0.4 is 0 Å². The van der Waals surface area contributed by atoms with Crippen LogP contribution in [-0.4, -0.2) is 9.97 Å². The van der Waals surface area contributed by atoms with Crippen LogP contribution in [0.15, 0.2) is 122 Å². The molecule has 0 aliphatic carbocycles. The molecule has 0 radical (unpaired) electrons. The highest BCUT2D eigenvalue weighted by Gasteiger charge is 2.02. The maximum atomic E-state index is 4.50. The molecular formula is C34H30N2. The fraction of sp³-hybridized carbons (Fsp3) is 0.118. The maximum Gasteiger partial charge on any atom is 0.0702 e. The van der Waals surface area contributed by atoms with Gasteiger partial charge in [-0.15, -0.1) is 0 Å². The highest BCUT2D eigenvalue weighted by Crippen LogP contribution is 2.24. The van der Waals surface area contributed by atoms with Gasteiger partial charge >= 0.3 is 0 Å². The lowest BCUT2D eigenvalue weighted by molar-refractivity contribution is 1.14. The average Bonchev–Trinajstić information content (AvgIpc) is 2.97. The third-order valence-corrected chi connectivity index (χ3v) is 6.57. The van der Waals surface area contributed by atoms with E-state index in [9.17, 15) is 0 Å². The summed E-state index contributed by atoms with van der Waals surface area (Å²) in [5.74, 6) is 0. The van der Waals surface area contributed by atoms with Crippen molar-refractivity contribution >= 4 is 21.8 Å². The molecule has 0 amide bonds. The molecule has 2 nitrogen and oxygen atoms in total. The van der Waals surface area contributed by atoms with Gasteiger partial charge in [0.2, 0.25) is 0 Å². The van der Waals surface area contributed by atoms with E-state index >= 15 is 0 Å². The maximum absolute atomic E-state index is 4.50. The molecule has 0 atom stereocenters. The molecule has 36 heavy (non-hydrogen) atoms. The van der Waals surface area contributed by atoms with Crippen molar-refractivity contribution in [2.75, 3.05) is 0 Å². The van der Waals surface area contributed by atoms with Gasteiger partial charge in [0.1, 0.15) is 0 Å². The van der Waals surface area contributed by atoms with E-state index in [1.54, 1.807) is 0 Å². The first-order valence-corrected chi connectivity index (χ1v) is 12.6. The summed E-state index contributed by atoms with van der Waals surface area (Å²) >= 11 is 0. The van der Waals surface area contributed by atoms with Gasteiger partial charge in [0.15, 0.2) is 0 Å². The monoisotopic (exact) mass is 466 g/mol. The number of nitrogens with zero attached hydrogens (tertiary/aromatic N) is 2. The van der Waals surface area contributed by atoms with Crippen LogP contribution in [0.4, 0.5) is 0 Å². The molecule has 0 aliphatic heterocycles. The largest absolute Gasteiger partial charge is 0.256 e. The van der Waals surface area contributed by atoms with Crippen LogP contribution in [0.1, 0.15) is 25.0 Å². The van der Waals surface area contributed by atoms with Crippen molar-refractivity contribution in [3.05, 3.63) is 133 Å². The Kier molecular flexibility index (Phi) is 7.14. The molecule has 2 heterocycles.